The van der Waals surface area contributed by atoms with Gasteiger partial charge in [-0.15, -0.1) is 10.2 Å². The van der Waals surface area contributed by atoms with E-state index in [1.165, 1.54) is 11.6 Å². The highest BCUT2D eigenvalue weighted by Crippen LogP contribution is 2.20. The fourth-order valence-corrected chi connectivity index (χ4v) is 2.07. The average molecular weight is 313 g/mol. The van der Waals surface area contributed by atoms with Crippen LogP contribution < -0.4 is 10.2 Å². The fraction of sp³-hybridized carbons (Fsp3) is 0.0909. The molecule has 0 fully saturated rings. The van der Waals surface area contributed by atoms with Crippen molar-refractivity contribution in [2.45, 2.75) is 0 Å². The van der Waals surface area contributed by atoms with E-state index in [0.29, 0.717) is 10.7 Å². The predicted octanol–water partition coefficient (Wildman–Crippen LogP) is 2.31. The van der Waals surface area contributed by atoms with Crippen LogP contribution >= 0.6 is 22.9 Å². The molecule has 0 atom stereocenters. The van der Waals surface area contributed by atoms with Crippen LogP contribution in [-0.4, -0.2) is 33.8 Å². The zero-order valence-electron chi connectivity index (χ0n) is 9.99. The number of nitrogens with zero attached hydrogens (tertiary/aromatic N) is 3. The Bertz CT molecular complexity index is 620. The van der Waals surface area contributed by atoms with E-state index in [-0.39, 0.29) is 5.13 Å². The molecule has 0 bridgehead atoms. The Morgan fingerprint density at radius 3 is 2.85 bits per heavy atom. The summed E-state index contributed by atoms with van der Waals surface area (Å²) < 4.78 is 0. The third kappa shape index (κ3) is 3.65. The molecule has 0 radical (unpaired) electrons. The van der Waals surface area contributed by atoms with Crippen LogP contribution in [-0.2, 0) is 4.79 Å². The molecule has 20 heavy (non-hydrogen) atoms. The summed E-state index contributed by atoms with van der Waals surface area (Å²) in [5, 5.41) is 19.3. The standard InChI is InChI=1S/C11H9ClN4O3S/c12-7-2-1-3-8(4-7)16(5-9(17)18)11(19)14-10-15-13-6-20-10/h1-4,6H,5H2,(H,17,18)(H,14,15,19). The lowest BCUT2D eigenvalue weighted by Gasteiger charge is -2.20. The van der Waals surface area contributed by atoms with Crippen molar-refractivity contribution >= 4 is 45.8 Å². The molecule has 9 heteroatoms. The van der Waals surface area contributed by atoms with Crippen molar-refractivity contribution in [2.75, 3.05) is 16.8 Å². The number of amides is 2. The van der Waals surface area contributed by atoms with Gasteiger partial charge in [-0.05, 0) is 18.2 Å². The Hall–Kier alpha value is -2.19. The number of carbonyl (C=O) groups is 2. The van der Waals surface area contributed by atoms with Gasteiger partial charge >= 0.3 is 12.0 Å². The van der Waals surface area contributed by atoms with Crippen molar-refractivity contribution in [3.63, 3.8) is 0 Å². The molecular formula is C11H9ClN4O3S. The average Bonchev–Trinajstić information content (AvgIpc) is 2.88. The first-order valence-corrected chi connectivity index (χ1v) is 6.64. The molecule has 2 aromatic rings. The minimum absolute atomic E-state index is 0.285. The van der Waals surface area contributed by atoms with E-state index >= 15 is 0 Å². The van der Waals surface area contributed by atoms with Crippen LogP contribution in [0.4, 0.5) is 15.6 Å². The number of carboxylic acid groups (broad SMARTS) is 1. The van der Waals surface area contributed by atoms with E-state index in [2.05, 4.69) is 15.5 Å². The number of aliphatic carboxylic acids is 1. The van der Waals surface area contributed by atoms with E-state index in [9.17, 15) is 9.59 Å². The summed E-state index contributed by atoms with van der Waals surface area (Å²) in [6.45, 7) is -0.495. The van der Waals surface area contributed by atoms with Crippen molar-refractivity contribution < 1.29 is 14.7 Å². The Balaban J connectivity index is 2.22. The number of carbonyl (C=O) groups excluding carboxylic acids is 1. The second kappa shape index (κ2) is 6.31. The van der Waals surface area contributed by atoms with Crippen LogP contribution in [0.25, 0.3) is 0 Å². The molecular weight excluding hydrogens is 304 g/mol. The molecule has 0 saturated carbocycles. The maximum atomic E-state index is 12.1. The van der Waals surface area contributed by atoms with Gasteiger partial charge in [0.1, 0.15) is 12.1 Å². The SMILES string of the molecule is O=C(O)CN(C(=O)Nc1nncs1)c1cccc(Cl)c1. The van der Waals surface area contributed by atoms with Crippen LogP contribution in [0.2, 0.25) is 5.02 Å². The van der Waals surface area contributed by atoms with Crippen LogP contribution in [0.5, 0.6) is 0 Å². The molecule has 0 unspecified atom stereocenters. The number of rotatable bonds is 4. The van der Waals surface area contributed by atoms with Crippen LogP contribution in [0.15, 0.2) is 29.8 Å². The molecule has 0 aliphatic rings. The van der Waals surface area contributed by atoms with Crippen molar-refractivity contribution in [1.29, 1.82) is 0 Å². The largest absolute Gasteiger partial charge is 0.480 e. The highest BCUT2D eigenvalue weighted by Gasteiger charge is 2.20. The molecule has 1 aromatic heterocycles. The second-order valence-electron chi connectivity index (χ2n) is 3.63. The van der Waals surface area contributed by atoms with Gasteiger partial charge in [-0.3, -0.25) is 15.0 Å². The number of benzene rings is 1. The molecule has 1 heterocycles. The van der Waals surface area contributed by atoms with Crippen LogP contribution in [0.3, 0.4) is 0 Å². The molecule has 0 saturated heterocycles. The monoisotopic (exact) mass is 312 g/mol. The number of nitrogens with one attached hydrogen (secondary N) is 1. The van der Waals surface area contributed by atoms with Gasteiger partial charge in [0.05, 0.1) is 0 Å². The summed E-state index contributed by atoms with van der Waals surface area (Å²) in [5.74, 6) is -1.14. The Morgan fingerprint density at radius 1 is 1.45 bits per heavy atom. The van der Waals surface area contributed by atoms with E-state index in [1.807, 2.05) is 0 Å². The first-order valence-electron chi connectivity index (χ1n) is 5.38. The Kier molecular flexibility index (Phi) is 4.49. The molecule has 2 N–H and O–H groups in total. The summed E-state index contributed by atoms with van der Waals surface area (Å²) in [5.41, 5.74) is 1.83. The van der Waals surface area contributed by atoms with Crippen LogP contribution in [0.1, 0.15) is 0 Å². The van der Waals surface area contributed by atoms with Gasteiger partial charge < -0.3 is 5.11 Å². The second-order valence-corrected chi connectivity index (χ2v) is 4.90. The lowest BCUT2D eigenvalue weighted by molar-refractivity contribution is -0.135. The first kappa shape index (κ1) is 14.2. The van der Waals surface area contributed by atoms with Gasteiger partial charge in [-0.1, -0.05) is 29.0 Å². The molecule has 2 amide bonds. The lowest BCUT2D eigenvalue weighted by Crippen LogP contribution is -2.38. The van der Waals surface area contributed by atoms with E-state index in [0.717, 1.165) is 16.2 Å². The summed E-state index contributed by atoms with van der Waals surface area (Å²) in [7, 11) is 0. The van der Waals surface area contributed by atoms with Gasteiger partial charge in [-0.25, -0.2) is 4.79 Å². The number of carboxylic acids is 1. The van der Waals surface area contributed by atoms with Crippen LogP contribution in [0, 0.1) is 0 Å². The van der Waals surface area contributed by atoms with Crippen molar-refractivity contribution in [3.05, 3.63) is 34.8 Å². The molecule has 0 aliphatic heterocycles. The number of hydrogen-bond acceptors (Lipinski definition) is 5. The third-order valence-corrected chi connectivity index (χ3v) is 3.07. The molecule has 2 rings (SSSR count). The van der Waals surface area contributed by atoms with Crippen molar-refractivity contribution in [3.8, 4) is 0 Å². The molecule has 104 valence electrons. The van der Waals surface area contributed by atoms with Gasteiger partial charge in [-0.2, -0.15) is 0 Å². The number of halogens is 1. The fourth-order valence-electron chi connectivity index (χ4n) is 1.45. The van der Waals surface area contributed by atoms with E-state index in [1.54, 1.807) is 18.2 Å². The van der Waals surface area contributed by atoms with E-state index < -0.39 is 18.5 Å². The quantitative estimate of drug-likeness (QED) is 0.903. The number of aromatic nitrogens is 2. The minimum Gasteiger partial charge on any atom is -0.480 e. The van der Waals surface area contributed by atoms with Gasteiger partial charge in [0.2, 0.25) is 5.13 Å². The Labute approximate surface area is 122 Å². The maximum absolute atomic E-state index is 12.1. The highest BCUT2D eigenvalue weighted by molar-refractivity contribution is 7.13. The predicted molar refractivity (Wildman–Crippen MR) is 75.4 cm³/mol. The topological polar surface area (TPSA) is 95.4 Å². The Morgan fingerprint density at radius 2 is 2.25 bits per heavy atom. The summed E-state index contributed by atoms with van der Waals surface area (Å²) in [4.78, 5) is 24.1. The summed E-state index contributed by atoms with van der Waals surface area (Å²) in [6, 6.07) is 5.74. The maximum Gasteiger partial charge on any atom is 0.328 e. The zero-order chi connectivity index (χ0) is 14.5. The lowest BCUT2D eigenvalue weighted by atomic mass is 10.3. The van der Waals surface area contributed by atoms with Gasteiger partial charge in [0.25, 0.3) is 0 Å². The summed E-state index contributed by atoms with van der Waals surface area (Å²) >= 11 is 6.98. The molecule has 7 nitrogen and oxygen atoms in total. The van der Waals surface area contributed by atoms with Gasteiger partial charge in [0.15, 0.2) is 0 Å². The van der Waals surface area contributed by atoms with Gasteiger partial charge in [0, 0.05) is 10.7 Å². The first-order chi connectivity index (χ1) is 9.56. The molecule has 1 aromatic carbocycles. The summed E-state index contributed by atoms with van der Waals surface area (Å²) in [6.07, 6.45) is 0. The third-order valence-electron chi connectivity index (χ3n) is 2.23. The van der Waals surface area contributed by atoms with Crippen molar-refractivity contribution in [1.82, 2.24) is 10.2 Å². The normalized spacial score (nSPS) is 10.1. The highest BCUT2D eigenvalue weighted by atomic mass is 35.5. The molecule has 0 spiro atoms. The number of hydrogen-bond donors (Lipinski definition) is 2. The smallest absolute Gasteiger partial charge is 0.328 e. The number of anilines is 2. The minimum atomic E-state index is -1.14. The number of urea groups is 1. The van der Waals surface area contributed by atoms with Crippen molar-refractivity contribution in [2.24, 2.45) is 0 Å². The molecule has 0 aliphatic carbocycles. The zero-order valence-corrected chi connectivity index (χ0v) is 11.6. The van der Waals surface area contributed by atoms with E-state index in [4.69, 9.17) is 16.7 Å².